The summed E-state index contributed by atoms with van der Waals surface area (Å²) in [6.45, 7) is 0.937. The fourth-order valence-electron chi connectivity index (χ4n) is 1.78. The third-order valence-corrected chi connectivity index (χ3v) is 2.57. The number of H-pyrrole nitrogens is 1. The molecule has 5 heteroatoms. The van der Waals surface area contributed by atoms with E-state index in [1.807, 2.05) is 0 Å². The SMILES string of the molecule is Cn1cc(C2CCCN2)c(=O)[nH]c1=O. The molecular weight excluding hydrogens is 182 g/mol. The highest BCUT2D eigenvalue weighted by molar-refractivity contribution is 5.11. The minimum absolute atomic E-state index is 0.102. The zero-order valence-electron chi connectivity index (χ0n) is 8.04. The Labute approximate surface area is 80.8 Å². The number of hydrogen-bond donors (Lipinski definition) is 2. The number of aryl methyl sites for hydroxylation is 1. The number of hydrogen-bond acceptors (Lipinski definition) is 3. The number of nitrogens with one attached hydrogen (secondary N) is 2. The van der Waals surface area contributed by atoms with Gasteiger partial charge in [0.25, 0.3) is 5.56 Å². The van der Waals surface area contributed by atoms with Crippen LogP contribution in [0.5, 0.6) is 0 Å². The molecule has 1 aliphatic rings. The van der Waals surface area contributed by atoms with Crippen LogP contribution in [-0.2, 0) is 7.05 Å². The predicted molar refractivity (Wildman–Crippen MR) is 52.3 cm³/mol. The highest BCUT2D eigenvalue weighted by atomic mass is 16.2. The minimum atomic E-state index is -0.364. The van der Waals surface area contributed by atoms with Crippen molar-refractivity contribution in [3.05, 3.63) is 32.6 Å². The van der Waals surface area contributed by atoms with Gasteiger partial charge in [-0.05, 0) is 19.4 Å². The maximum Gasteiger partial charge on any atom is 0.328 e. The van der Waals surface area contributed by atoms with Gasteiger partial charge in [-0.25, -0.2) is 4.79 Å². The molecule has 0 saturated carbocycles. The summed E-state index contributed by atoms with van der Waals surface area (Å²) in [6, 6.07) is 0.102. The van der Waals surface area contributed by atoms with E-state index >= 15 is 0 Å². The van der Waals surface area contributed by atoms with Gasteiger partial charge in [-0.15, -0.1) is 0 Å². The van der Waals surface area contributed by atoms with Crippen LogP contribution in [0.15, 0.2) is 15.8 Å². The van der Waals surface area contributed by atoms with Crippen molar-refractivity contribution in [1.29, 1.82) is 0 Å². The second-order valence-corrected chi connectivity index (χ2v) is 3.60. The molecule has 1 aromatic rings. The molecule has 1 aromatic heterocycles. The third-order valence-electron chi connectivity index (χ3n) is 2.57. The lowest BCUT2D eigenvalue weighted by molar-refractivity contribution is 0.620. The lowest BCUT2D eigenvalue weighted by atomic mass is 10.1. The van der Waals surface area contributed by atoms with Crippen LogP contribution >= 0.6 is 0 Å². The van der Waals surface area contributed by atoms with E-state index in [0.29, 0.717) is 5.56 Å². The van der Waals surface area contributed by atoms with Crippen LogP contribution < -0.4 is 16.6 Å². The highest BCUT2D eigenvalue weighted by Crippen LogP contribution is 2.18. The van der Waals surface area contributed by atoms with E-state index < -0.39 is 0 Å². The van der Waals surface area contributed by atoms with Crippen molar-refractivity contribution in [2.45, 2.75) is 18.9 Å². The van der Waals surface area contributed by atoms with Crippen LogP contribution in [0.2, 0.25) is 0 Å². The van der Waals surface area contributed by atoms with Crippen LogP contribution in [0.4, 0.5) is 0 Å². The molecule has 0 amide bonds. The summed E-state index contributed by atoms with van der Waals surface area (Å²) in [4.78, 5) is 24.9. The molecule has 0 aromatic carbocycles. The summed E-state index contributed by atoms with van der Waals surface area (Å²) < 4.78 is 1.40. The minimum Gasteiger partial charge on any atom is -0.310 e. The first-order chi connectivity index (χ1) is 6.68. The Morgan fingerprint density at radius 3 is 2.93 bits per heavy atom. The summed E-state index contributed by atoms with van der Waals surface area (Å²) in [7, 11) is 1.64. The first-order valence-electron chi connectivity index (χ1n) is 4.72. The van der Waals surface area contributed by atoms with Crippen molar-refractivity contribution in [2.24, 2.45) is 7.05 Å². The van der Waals surface area contributed by atoms with Gasteiger partial charge in [0.1, 0.15) is 0 Å². The summed E-state index contributed by atoms with van der Waals surface area (Å²) in [5.74, 6) is 0. The number of aromatic nitrogens is 2. The normalized spacial score (nSPS) is 21.4. The van der Waals surface area contributed by atoms with E-state index in [4.69, 9.17) is 0 Å². The van der Waals surface area contributed by atoms with E-state index in [2.05, 4.69) is 10.3 Å². The molecule has 2 heterocycles. The van der Waals surface area contributed by atoms with E-state index in [1.54, 1.807) is 13.2 Å². The summed E-state index contributed by atoms with van der Waals surface area (Å²) in [5, 5.41) is 3.23. The van der Waals surface area contributed by atoms with Crippen molar-refractivity contribution >= 4 is 0 Å². The highest BCUT2D eigenvalue weighted by Gasteiger charge is 2.19. The molecule has 0 radical (unpaired) electrons. The summed E-state index contributed by atoms with van der Waals surface area (Å²) in [5.41, 5.74) is 0.0221. The van der Waals surface area contributed by atoms with Gasteiger partial charge >= 0.3 is 5.69 Å². The average molecular weight is 195 g/mol. The van der Waals surface area contributed by atoms with Crippen LogP contribution in [0, 0.1) is 0 Å². The lowest BCUT2D eigenvalue weighted by Gasteiger charge is -2.09. The molecule has 0 bridgehead atoms. The van der Waals surface area contributed by atoms with Crippen molar-refractivity contribution in [3.63, 3.8) is 0 Å². The number of aromatic amines is 1. The Bertz CT molecular complexity index is 440. The van der Waals surface area contributed by atoms with Crippen molar-refractivity contribution < 1.29 is 0 Å². The second-order valence-electron chi connectivity index (χ2n) is 3.60. The Hall–Kier alpha value is -1.36. The maximum atomic E-state index is 11.5. The third kappa shape index (κ3) is 1.50. The van der Waals surface area contributed by atoms with E-state index in [0.717, 1.165) is 19.4 Å². The van der Waals surface area contributed by atoms with Crippen molar-refractivity contribution in [3.8, 4) is 0 Å². The molecule has 0 spiro atoms. The van der Waals surface area contributed by atoms with Crippen LogP contribution in [0.25, 0.3) is 0 Å². The summed E-state index contributed by atoms with van der Waals surface area (Å²) in [6.07, 6.45) is 3.65. The zero-order valence-corrected chi connectivity index (χ0v) is 8.04. The van der Waals surface area contributed by atoms with Crippen LogP contribution in [0.1, 0.15) is 24.4 Å². The van der Waals surface area contributed by atoms with E-state index in [1.165, 1.54) is 4.57 Å². The molecule has 1 fully saturated rings. The fourth-order valence-corrected chi connectivity index (χ4v) is 1.78. The predicted octanol–water partition coefficient (Wildman–Crippen LogP) is -0.502. The molecule has 5 nitrogen and oxygen atoms in total. The Morgan fingerprint density at radius 2 is 2.29 bits per heavy atom. The number of rotatable bonds is 1. The van der Waals surface area contributed by atoms with Crippen LogP contribution in [0.3, 0.4) is 0 Å². The van der Waals surface area contributed by atoms with Crippen molar-refractivity contribution in [1.82, 2.24) is 14.9 Å². The topological polar surface area (TPSA) is 66.9 Å². The smallest absolute Gasteiger partial charge is 0.310 e. The molecule has 0 aliphatic carbocycles. The molecule has 1 saturated heterocycles. The largest absolute Gasteiger partial charge is 0.328 e. The van der Waals surface area contributed by atoms with Gasteiger partial charge in [0.2, 0.25) is 0 Å². The maximum absolute atomic E-state index is 11.5. The Kier molecular flexibility index (Phi) is 2.25. The Balaban J connectivity index is 2.47. The number of nitrogens with zero attached hydrogens (tertiary/aromatic N) is 1. The van der Waals surface area contributed by atoms with Gasteiger partial charge < -0.3 is 9.88 Å². The molecule has 76 valence electrons. The zero-order chi connectivity index (χ0) is 10.1. The molecule has 1 unspecified atom stereocenters. The van der Waals surface area contributed by atoms with Gasteiger partial charge in [0.15, 0.2) is 0 Å². The molecule has 1 atom stereocenters. The first-order valence-corrected chi connectivity index (χ1v) is 4.72. The monoisotopic (exact) mass is 195 g/mol. The Morgan fingerprint density at radius 1 is 1.50 bits per heavy atom. The lowest BCUT2D eigenvalue weighted by Crippen LogP contribution is -2.33. The average Bonchev–Trinajstić information content (AvgIpc) is 2.64. The molecule has 14 heavy (non-hydrogen) atoms. The molecule has 2 N–H and O–H groups in total. The van der Waals surface area contributed by atoms with Gasteiger partial charge in [0.05, 0.1) is 5.56 Å². The van der Waals surface area contributed by atoms with Gasteiger partial charge in [-0.3, -0.25) is 9.78 Å². The van der Waals surface area contributed by atoms with Crippen molar-refractivity contribution in [2.75, 3.05) is 6.54 Å². The molecule has 1 aliphatic heterocycles. The van der Waals surface area contributed by atoms with Gasteiger partial charge in [-0.1, -0.05) is 0 Å². The van der Waals surface area contributed by atoms with Crippen LogP contribution in [-0.4, -0.2) is 16.1 Å². The molecule has 2 rings (SSSR count). The fraction of sp³-hybridized carbons (Fsp3) is 0.556. The molecular formula is C9H13N3O2. The van der Waals surface area contributed by atoms with Gasteiger partial charge in [-0.2, -0.15) is 0 Å². The summed E-state index contributed by atoms with van der Waals surface area (Å²) >= 11 is 0. The quantitative estimate of drug-likeness (QED) is 0.634. The first kappa shape index (κ1) is 9.21. The standard InChI is InChI=1S/C9H13N3O2/c1-12-5-6(7-3-2-4-10-7)8(13)11-9(12)14/h5,7,10H,2-4H2,1H3,(H,11,13,14). The second kappa shape index (κ2) is 3.42. The van der Waals surface area contributed by atoms with E-state index in [-0.39, 0.29) is 17.3 Å². The van der Waals surface area contributed by atoms with E-state index in [9.17, 15) is 9.59 Å². The van der Waals surface area contributed by atoms with Gasteiger partial charge in [0, 0.05) is 19.3 Å².